The number of para-hydroxylation sites is 1. The maximum atomic E-state index is 13.1. The first-order chi connectivity index (χ1) is 13.2. The van der Waals surface area contributed by atoms with E-state index in [9.17, 15) is 9.59 Å². The number of pyridine rings is 1. The van der Waals surface area contributed by atoms with E-state index in [1.807, 2.05) is 31.2 Å². The molecule has 1 aromatic carbocycles. The summed E-state index contributed by atoms with van der Waals surface area (Å²) in [4.78, 5) is 31.6. The summed E-state index contributed by atoms with van der Waals surface area (Å²) < 4.78 is 5.58. The largest absolute Gasteiger partial charge is 0.493 e. The van der Waals surface area contributed by atoms with Gasteiger partial charge in [0.2, 0.25) is 5.91 Å². The Kier molecular flexibility index (Phi) is 6.38. The quantitative estimate of drug-likeness (QED) is 0.801. The van der Waals surface area contributed by atoms with E-state index in [0.717, 1.165) is 5.69 Å². The Hall–Kier alpha value is -2.93. The van der Waals surface area contributed by atoms with Crippen LogP contribution in [-0.2, 0) is 11.3 Å². The number of rotatable bonds is 6. The number of hydrogen-bond acceptors (Lipinski definition) is 5. The molecular formula is C20H24N4O3. The normalized spacial score (nSPS) is 16.6. The average molecular weight is 368 g/mol. The highest BCUT2D eigenvalue weighted by atomic mass is 16.5. The molecule has 27 heavy (non-hydrogen) atoms. The van der Waals surface area contributed by atoms with Gasteiger partial charge in [-0.05, 0) is 31.2 Å². The predicted molar refractivity (Wildman–Crippen MR) is 101 cm³/mol. The van der Waals surface area contributed by atoms with Crippen LogP contribution in [0.4, 0.5) is 0 Å². The lowest BCUT2D eigenvalue weighted by Gasteiger charge is -2.35. The molecule has 0 bridgehead atoms. The predicted octanol–water partition coefficient (Wildman–Crippen LogP) is 1.21. The molecule has 0 saturated carbocycles. The molecule has 1 aromatic heterocycles. The Labute approximate surface area is 158 Å². The van der Waals surface area contributed by atoms with Gasteiger partial charge in [0.25, 0.3) is 5.91 Å². The van der Waals surface area contributed by atoms with Gasteiger partial charge in [0.1, 0.15) is 11.8 Å². The molecule has 1 atom stereocenters. The van der Waals surface area contributed by atoms with Gasteiger partial charge in [-0.25, -0.2) is 0 Å². The Balaban J connectivity index is 1.73. The molecule has 0 radical (unpaired) electrons. The van der Waals surface area contributed by atoms with Crippen molar-refractivity contribution in [1.82, 2.24) is 20.5 Å². The van der Waals surface area contributed by atoms with Crippen molar-refractivity contribution >= 4 is 11.8 Å². The first-order valence-corrected chi connectivity index (χ1v) is 9.12. The minimum Gasteiger partial charge on any atom is -0.493 e. The second kappa shape index (κ2) is 9.14. The van der Waals surface area contributed by atoms with Crippen molar-refractivity contribution in [1.29, 1.82) is 0 Å². The smallest absolute Gasteiger partial charge is 0.258 e. The number of hydrogen-bond donors (Lipinski definition) is 2. The zero-order chi connectivity index (χ0) is 19.1. The summed E-state index contributed by atoms with van der Waals surface area (Å²) >= 11 is 0. The van der Waals surface area contributed by atoms with Crippen molar-refractivity contribution in [2.45, 2.75) is 19.5 Å². The van der Waals surface area contributed by atoms with E-state index < -0.39 is 6.04 Å². The van der Waals surface area contributed by atoms with E-state index in [1.54, 1.807) is 29.3 Å². The summed E-state index contributed by atoms with van der Waals surface area (Å²) in [7, 11) is 0. The van der Waals surface area contributed by atoms with Crippen LogP contribution in [0.3, 0.4) is 0 Å². The second-order valence-electron chi connectivity index (χ2n) is 6.19. The van der Waals surface area contributed by atoms with E-state index >= 15 is 0 Å². The van der Waals surface area contributed by atoms with Crippen molar-refractivity contribution in [3.05, 3.63) is 59.9 Å². The summed E-state index contributed by atoms with van der Waals surface area (Å²) in [5.74, 6) is 0.143. The van der Waals surface area contributed by atoms with E-state index in [4.69, 9.17) is 4.74 Å². The number of carbonyl (C=O) groups is 2. The SMILES string of the molecule is CCOc1ccccc1C(=O)N1CCNC[C@H]1C(=O)NCc1ccccn1. The van der Waals surface area contributed by atoms with E-state index in [1.165, 1.54) is 0 Å². The standard InChI is InChI=1S/C20H24N4O3/c1-2-27-18-9-4-3-8-16(18)20(26)24-12-11-21-14-17(24)19(25)23-13-15-7-5-6-10-22-15/h3-10,17,21H,2,11-14H2,1H3,(H,23,25)/t17-/m0/s1. The number of carbonyl (C=O) groups excluding carboxylic acids is 2. The molecule has 1 saturated heterocycles. The molecule has 1 fully saturated rings. The molecule has 0 unspecified atom stereocenters. The van der Waals surface area contributed by atoms with Crippen LogP contribution in [0.5, 0.6) is 5.75 Å². The number of nitrogens with zero attached hydrogens (tertiary/aromatic N) is 2. The van der Waals surface area contributed by atoms with Gasteiger partial charge in [-0.3, -0.25) is 14.6 Å². The number of nitrogens with one attached hydrogen (secondary N) is 2. The monoisotopic (exact) mass is 368 g/mol. The third-order valence-corrected chi connectivity index (χ3v) is 4.39. The molecule has 7 heteroatoms. The number of benzene rings is 1. The molecular weight excluding hydrogens is 344 g/mol. The van der Waals surface area contributed by atoms with Crippen LogP contribution >= 0.6 is 0 Å². The third-order valence-electron chi connectivity index (χ3n) is 4.39. The fourth-order valence-electron chi connectivity index (χ4n) is 3.06. The Morgan fingerprint density at radius 3 is 2.85 bits per heavy atom. The number of piperazine rings is 1. The van der Waals surface area contributed by atoms with Crippen LogP contribution < -0.4 is 15.4 Å². The van der Waals surface area contributed by atoms with Crippen LogP contribution in [0, 0.1) is 0 Å². The first-order valence-electron chi connectivity index (χ1n) is 9.12. The Bertz CT molecular complexity index is 782. The molecule has 7 nitrogen and oxygen atoms in total. The van der Waals surface area contributed by atoms with Crippen LogP contribution in [0.15, 0.2) is 48.7 Å². The summed E-state index contributed by atoms with van der Waals surface area (Å²) in [6.07, 6.45) is 1.68. The van der Waals surface area contributed by atoms with Gasteiger partial charge in [-0.2, -0.15) is 0 Å². The minimum atomic E-state index is -0.579. The molecule has 2 N–H and O–H groups in total. The topological polar surface area (TPSA) is 83.6 Å². The van der Waals surface area contributed by atoms with Crippen LogP contribution in [0.2, 0.25) is 0 Å². The van der Waals surface area contributed by atoms with Crippen molar-refractivity contribution in [3.63, 3.8) is 0 Å². The van der Waals surface area contributed by atoms with Crippen molar-refractivity contribution in [3.8, 4) is 5.75 Å². The third kappa shape index (κ3) is 4.62. The Morgan fingerprint density at radius 2 is 2.07 bits per heavy atom. The molecule has 2 heterocycles. The van der Waals surface area contributed by atoms with Gasteiger partial charge in [0, 0.05) is 25.8 Å². The summed E-state index contributed by atoms with van der Waals surface area (Å²) in [5, 5.41) is 6.07. The van der Waals surface area contributed by atoms with Crippen molar-refractivity contribution < 1.29 is 14.3 Å². The van der Waals surface area contributed by atoms with Crippen LogP contribution in [0.25, 0.3) is 0 Å². The molecule has 0 spiro atoms. The van der Waals surface area contributed by atoms with Gasteiger partial charge in [0.05, 0.1) is 24.4 Å². The highest BCUT2D eigenvalue weighted by Gasteiger charge is 2.33. The lowest BCUT2D eigenvalue weighted by Crippen LogP contribution is -2.59. The fraction of sp³-hybridized carbons (Fsp3) is 0.350. The number of aromatic nitrogens is 1. The van der Waals surface area contributed by atoms with Gasteiger partial charge >= 0.3 is 0 Å². The minimum absolute atomic E-state index is 0.196. The molecule has 1 aliphatic heterocycles. The fourth-order valence-corrected chi connectivity index (χ4v) is 3.06. The maximum absolute atomic E-state index is 13.1. The van der Waals surface area contributed by atoms with Crippen molar-refractivity contribution in [2.24, 2.45) is 0 Å². The average Bonchev–Trinajstić information content (AvgIpc) is 2.73. The van der Waals surface area contributed by atoms with Gasteiger partial charge < -0.3 is 20.3 Å². The van der Waals surface area contributed by atoms with E-state index in [0.29, 0.717) is 44.1 Å². The van der Waals surface area contributed by atoms with Crippen LogP contribution in [0.1, 0.15) is 23.0 Å². The summed E-state index contributed by atoms with van der Waals surface area (Å²) in [6, 6.07) is 12.1. The lowest BCUT2D eigenvalue weighted by molar-refractivity contribution is -0.126. The zero-order valence-electron chi connectivity index (χ0n) is 15.4. The number of ether oxygens (including phenoxy) is 1. The molecule has 2 amide bonds. The summed E-state index contributed by atoms with van der Waals surface area (Å²) in [6.45, 7) is 4.19. The molecule has 142 valence electrons. The second-order valence-corrected chi connectivity index (χ2v) is 6.19. The number of amides is 2. The molecule has 1 aliphatic rings. The van der Waals surface area contributed by atoms with E-state index in [-0.39, 0.29) is 11.8 Å². The summed E-state index contributed by atoms with van der Waals surface area (Å²) in [5.41, 5.74) is 1.25. The first kappa shape index (κ1) is 18.8. The van der Waals surface area contributed by atoms with Crippen LogP contribution in [-0.4, -0.2) is 54.0 Å². The molecule has 2 aromatic rings. The van der Waals surface area contributed by atoms with Gasteiger partial charge in [-0.15, -0.1) is 0 Å². The van der Waals surface area contributed by atoms with Crippen molar-refractivity contribution in [2.75, 3.05) is 26.2 Å². The highest BCUT2D eigenvalue weighted by Crippen LogP contribution is 2.21. The zero-order valence-corrected chi connectivity index (χ0v) is 15.4. The van der Waals surface area contributed by atoms with Gasteiger partial charge in [-0.1, -0.05) is 18.2 Å². The van der Waals surface area contributed by atoms with Gasteiger partial charge in [0.15, 0.2) is 0 Å². The molecule has 3 rings (SSSR count). The Morgan fingerprint density at radius 1 is 1.26 bits per heavy atom. The molecule has 0 aliphatic carbocycles. The maximum Gasteiger partial charge on any atom is 0.258 e. The lowest BCUT2D eigenvalue weighted by atomic mass is 10.1. The van der Waals surface area contributed by atoms with E-state index in [2.05, 4.69) is 15.6 Å². The highest BCUT2D eigenvalue weighted by molar-refractivity contribution is 5.99.